The molecule has 3 rings (SSSR count). The highest BCUT2D eigenvalue weighted by atomic mass is 19.4. The number of hydrogen-bond acceptors (Lipinski definition) is 3. The van der Waals surface area contributed by atoms with Crippen molar-refractivity contribution >= 4 is 5.97 Å². The number of carbonyl (C=O) groups is 1. The third-order valence-electron chi connectivity index (χ3n) is 4.21. The number of hydrogen-bond donors (Lipinski definition) is 1. The van der Waals surface area contributed by atoms with Crippen LogP contribution in [0.3, 0.4) is 0 Å². The predicted molar refractivity (Wildman–Crippen MR) is 79.7 cm³/mol. The number of benzene rings is 1. The zero-order chi connectivity index (χ0) is 17.3. The number of carboxylic acids is 1. The molecule has 0 radical (unpaired) electrons. The summed E-state index contributed by atoms with van der Waals surface area (Å²) >= 11 is 0. The van der Waals surface area contributed by atoms with E-state index in [0.29, 0.717) is 24.4 Å². The Kier molecular flexibility index (Phi) is 4.36. The normalized spacial score (nSPS) is 18.9. The van der Waals surface area contributed by atoms with Crippen LogP contribution in [-0.4, -0.2) is 29.1 Å². The summed E-state index contributed by atoms with van der Waals surface area (Å²) in [4.78, 5) is 12.9. The summed E-state index contributed by atoms with van der Waals surface area (Å²) in [6, 6.07) is 8.46. The van der Waals surface area contributed by atoms with Crippen LogP contribution < -0.4 is 0 Å². The van der Waals surface area contributed by atoms with Crippen molar-refractivity contribution in [2.45, 2.75) is 25.1 Å². The van der Waals surface area contributed by atoms with Crippen LogP contribution in [0, 0.1) is 0 Å². The molecule has 0 saturated carbocycles. The Labute approximate surface area is 136 Å². The van der Waals surface area contributed by atoms with E-state index in [9.17, 15) is 18.0 Å². The second kappa shape index (κ2) is 6.32. The van der Waals surface area contributed by atoms with Gasteiger partial charge in [-0.25, -0.2) is 4.79 Å². The zero-order valence-electron chi connectivity index (χ0n) is 12.7. The van der Waals surface area contributed by atoms with E-state index in [1.54, 1.807) is 12.1 Å². The first kappa shape index (κ1) is 16.6. The molecule has 7 heteroatoms. The molecule has 0 spiro atoms. The van der Waals surface area contributed by atoms with Crippen LogP contribution in [0.2, 0.25) is 0 Å². The zero-order valence-corrected chi connectivity index (χ0v) is 12.7. The number of halogens is 3. The molecule has 0 aliphatic carbocycles. The summed E-state index contributed by atoms with van der Waals surface area (Å²) in [6.07, 6.45) is -3.58. The quantitative estimate of drug-likeness (QED) is 0.915. The number of carboxylic acid groups (broad SMARTS) is 1. The van der Waals surface area contributed by atoms with Crippen molar-refractivity contribution in [3.05, 3.63) is 59.0 Å². The lowest BCUT2D eigenvalue weighted by atomic mass is 9.96. The fraction of sp³-hybridized carbons (Fsp3) is 0.353. The minimum absolute atomic E-state index is 0.0289. The SMILES string of the molecule is O=C(O)c1ccc(CN2CCC(c3cccc(C(F)(F)F)c3)C2)o1. The van der Waals surface area contributed by atoms with Crippen LogP contribution in [0.1, 0.15) is 39.8 Å². The van der Waals surface area contributed by atoms with E-state index in [1.165, 1.54) is 18.2 Å². The van der Waals surface area contributed by atoms with Crippen LogP contribution in [0.15, 0.2) is 40.8 Å². The maximum Gasteiger partial charge on any atom is 0.416 e. The molecule has 1 aliphatic heterocycles. The van der Waals surface area contributed by atoms with Gasteiger partial charge in [0.05, 0.1) is 12.1 Å². The lowest BCUT2D eigenvalue weighted by Crippen LogP contribution is -2.19. The van der Waals surface area contributed by atoms with Crippen molar-refractivity contribution < 1.29 is 27.5 Å². The Bertz CT molecular complexity index is 739. The molecule has 0 bridgehead atoms. The van der Waals surface area contributed by atoms with E-state index in [0.717, 1.165) is 19.0 Å². The number of furan rings is 1. The van der Waals surface area contributed by atoms with Crippen molar-refractivity contribution in [2.24, 2.45) is 0 Å². The maximum absolute atomic E-state index is 12.8. The van der Waals surface area contributed by atoms with Gasteiger partial charge in [-0.15, -0.1) is 0 Å². The van der Waals surface area contributed by atoms with E-state index < -0.39 is 17.7 Å². The van der Waals surface area contributed by atoms with Gasteiger partial charge in [-0.3, -0.25) is 4.90 Å². The lowest BCUT2D eigenvalue weighted by molar-refractivity contribution is -0.137. The van der Waals surface area contributed by atoms with Gasteiger partial charge in [0.1, 0.15) is 5.76 Å². The first-order chi connectivity index (χ1) is 11.3. The average molecular weight is 339 g/mol. The molecule has 2 heterocycles. The second-order valence-corrected chi connectivity index (χ2v) is 5.92. The molecule has 128 valence electrons. The molecule has 2 aromatic rings. The third kappa shape index (κ3) is 3.62. The largest absolute Gasteiger partial charge is 0.475 e. The molecule has 1 atom stereocenters. The highest BCUT2D eigenvalue weighted by Gasteiger charge is 2.32. The van der Waals surface area contributed by atoms with E-state index >= 15 is 0 Å². The molecule has 1 saturated heterocycles. The van der Waals surface area contributed by atoms with Crippen LogP contribution in [0.5, 0.6) is 0 Å². The van der Waals surface area contributed by atoms with Gasteiger partial charge in [0, 0.05) is 6.54 Å². The van der Waals surface area contributed by atoms with Gasteiger partial charge < -0.3 is 9.52 Å². The van der Waals surface area contributed by atoms with Gasteiger partial charge in [0.25, 0.3) is 0 Å². The summed E-state index contributed by atoms with van der Waals surface area (Å²) in [5.41, 5.74) is 0.0496. The first-order valence-electron chi connectivity index (χ1n) is 7.54. The summed E-state index contributed by atoms with van der Waals surface area (Å²) in [7, 11) is 0. The van der Waals surface area contributed by atoms with Crippen molar-refractivity contribution in [3.63, 3.8) is 0 Å². The van der Waals surface area contributed by atoms with Gasteiger partial charge in [0.15, 0.2) is 0 Å². The van der Waals surface area contributed by atoms with E-state index in [1.807, 2.05) is 0 Å². The highest BCUT2D eigenvalue weighted by molar-refractivity contribution is 5.84. The molecule has 1 unspecified atom stereocenters. The van der Waals surface area contributed by atoms with Gasteiger partial charge in [-0.05, 0) is 42.6 Å². The number of nitrogens with zero attached hydrogens (tertiary/aromatic N) is 1. The third-order valence-corrected chi connectivity index (χ3v) is 4.21. The Morgan fingerprint density at radius 1 is 1.29 bits per heavy atom. The molecule has 1 fully saturated rings. The second-order valence-electron chi connectivity index (χ2n) is 5.92. The maximum atomic E-state index is 12.8. The summed E-state index contributed by atoms with van der Waals surface area (Å²) in [5.74, 6) is -0.665. The number of rotatable bonds is 4. The fourth-order valence-electron chi connectivity index (χ4n) is 3.02. The van der Waals surface area contributed by atoms with Crippen LogP contribution in [0.4, 0.5) is 13.2 Å². The minimum atomic E-state index is -4.34. The standard InChI is InChI=1S/C17H16F3NO3/c18-17(19,20)13-3-1-2-11(8-13)12-6-7-21(9-12)10-14-4-5-15(24-14)16(22)23/h1-5,8,12H,6-7,9-10H2,(H,22,23). The van der Waals surface area contributed by atoms with Gasteiger partial charge in [-0.1, -0.05) is 18.2 Å². The highest BCUT2D eigenvalue weighted by Crippen LogP contribution is 2.34. The minimum Gasteiger partial charge on any atom is -0.475 e. The van der Waals surface area contributed by atoms with E-state index in [-0.39, 0.29) is 11.7 Å². The monoisotopic (exact) mass is 339 g/mol. The number of aromatic carboxylic acids is 1. The molecule has 1 aromatic heterocycles. The van der Waals surface area contributed by atoms with Crippen molar-refractivity contribution in [2.75, 3.05) is 13.1 Å². The summed E-state index contributed by atoms with van der Waals surface area (Å²) in [6.45, 7) is 1.79. The molecule has 1 aliphatic rings. The Morgan fingerprint density at radius 3 is 2.75 bits per heavy atom. The predicted octanol–water partition coefficient (Wildman–Crippen LogP) is 3.99. The Balaban J connectivity index is 1.66. The van der Waals surface area contributed by atoms with Gasteiger partial charge >= 0.3 is 12.1 Å². The van der Waals surface area contributed by atoms with Crippen molar-refractivity contribution in [1.29, 1.82) is 0 Å². The molecule has 0 amide bonds. The lowest BCUT2D eigenvalue weighted by Gasteiger charge is -2.16. The first-order valence-corrected chi connectivity index (χ1v) is 7.54. The molecule has 1 N–H and O–H groups in total. The van der Waals surface area contributed by atoms with Gasteiger partial charge in [0.2, 0.25) is 5.76 Å². The van der Waals surface area contributed by atoms with Crippen LogP contribution in [-0.2, 0) is 12.7 Å². The van der Waals surface area contributed by atoms with Gasteiger partial charge in [-0.2, -0.15) is 13.2 Å². The Hall–Kier alpha value is -2.28. The molecular weight excluding hydrogens is 323 g/mol. The number of likely N-dealkylation sites (tertiary alicyclic amines) is 1. The topological polar surface area (TPSA) is 53.7 Å². The van der Waals surface area contributed by atoms with Crippen LogP contribution >= 0.6 is 0 Å². The number of alkyl halides is 3. The van der Waals surface area contributed by atoms with Crippen LogP contribution in [0.25, 0.3) is 0 Å². The molecule has 4 nitrogen and oxygen atoms in total. The van der Waals surface area contributed by atoms with E-state index in [2.05, 4.69) is 4.90 Å². The van der Waals surface area contributed by atoms with Crippen molar-refractivity contribution in [3.8, 4) is 0 Å². The fourth-order valence-corrected chi connectivity index (χ4v) is 3.02. The molecule has 1 aromatic carbocycles. The molecule has 24 heavy (non-hydrogen) atoms. The Morgan fingerprint density at radius 2 is 2.08 bits per heavy atom. The van der Waals surface area contributed by atoms with E-state index in [4.69, 9.17) is 9.52 Å². The smallest absolute Gasteiger partial charge is 0.416 e. The van der Waals surface area contributed by atoms with Crippen molar-refractivity contribution in [1.82, 2.24) is 4.90 Å². The molecular formula is C17H16F3NO3. The summed E-state index contributed by atoms with van der Waals surface area (Å²) in [5, 5.41) is 8.84. The summed E-state index contributed by atoms with van der Waals surface area (Å²) < 4.78 is 43.7. The average Bonchev–Trinajstić information content (AvgIpc) is 3.16.